The first-order valence-corrected chi connectivity index (χ1v) is 9.08. The van der Waals surface area contributed by atoms with E-state index in [0.717, 1.165) is 27.6 Å². The van der Waals surface area contributed by atoms with Gasteiger partial charge in [0.05, 0.1) is 17.2 Å². The van der Waals surface area contributed by atoms with Crippen molar-refractivity contribution < 1.29 is 9.90 Å². The van der Waals surface area contributed by atoms with Gasteiger partial charge in [-0.15, -0.1) is 0 Å². The molecule has 6 nitrogen and oxygen atoms in total. The van der Waals surface area contributed by atoms with Gasteiger partial charge >= 0.3 is 0 Å². The topological polar surface area (TPSA) is 79.5 Å². The first kappa shape index (κ1) is 17.7. The van der Waals surface area contributed by atoms with Gasteiger partial charge in [0.25, 0.3) is 0 Å². The summed E-state index contributed by atoms with van der Waals surface area (Å²) in [6.45, 7) is 2.45. The van der Waals surface area contributed by atoms with Crippen LogP contribution in [0.5, 0.6) is 5.75 Å². The van der Waals surface area contributed by atoms with Gasteiger partial charge in [-0.3, -0.25) is 4.79 Å². The summed E-state index contributed by atoms with van der Waals surface area (Å²) < 4.78 is 2.02. The van der Waals surface area contributed by atoms with Gasteiger partial charge in [0, 0.05) is 18.5 Å². The highest BCUT2D eigenvalue weighted by molar-refractivity contribution is 6.02. The number of phenolic OH excluding ortho intramolecular Hbond substituents is 1. The molecule has 0 aliphatic rings. The Kier molecular flexibility index (Phi) is 4.76. The normalized spacial score (nSPS) is 11.5. The summed E-state index contributed by atoms with van der Waals surface area (Å²) in [4.78, 5) is 16.7. The van der Waals surface area contributed by atoms with Crippen LogP contribution in [-0.4, -0.2) is 26.8 Å². The lowest BCUT2D eigenvalue weighted by atomic mass is 10.0. The van der Waals surface area contributed by atoms with Crippen LogP contribution in [0.1, 0.15) is 17.8 Å². The molecule has 0 bridgehead atoms. The van der Waals surface area contributed by atoms with Gasteiger partial charge in [0.1, 0.15) is 11.6 Å². The van der Waals surface area contributed by atoms with Gasteiger partial charge in [0.15, 0.2) is 0 Å². The lowest BCUT2D eigenvalue weighted by molar-refractivity contribution is -0.121. The number of carbonyl (C=O) groups excluding carboxylic acids is 1. The van der Waals surface area contributed by atoms with E-state index >= 15 is 0 Å². The van der Waals surface area contributed by atoms with Crippen LogP contribution in [0.4, 0.5) is 0 Å². The number of rotatable bonds is 5. The van der Waals surface area contributed by atoms with Crippen molar-refractivity contribution in [3.8, 4) is 5.75 Å². The number of para-hydroxylation sites is 2. The number of hydrogen-bond acceptors (Lipinski definition) is 4. The number of amides is 1. The van der Waals surface area contributed by atoms with Crippen molar-refractivity contribution in [1.29, 1.82) is 0 Å². The Bertz CT molecular complexity index is 1190. The number of aromatic nitrogens is 2. The number of aryl methyl sites for hydroxylation is 2. The third kappa shape index (κ3) is 3.44. The van der Waals surface area contributed by atoms with E-state index in [1.807, 2.05) is 66.1 Å². The summed E-state index contributed by atoms with van der Waals surface area (Å²) in [5, 5.41) is 16.0. The number of phenols is 1. The van der Waals surface area contributed by atoms with Crippen LogP contribution in [0.2, 0.25) is 0 Å². The smallest absolute Gasteiger partial charge is 0.241 e. The number of carbonyl (C=O) groups is 1. The first-order chi connectivity index (χ1) is 13.6. The second kappa shape index (κ2) is 7.52. The van der Waals surface area contributed by atoms with E-state index in [4.69, 9.17) is 0 Å². The number of aromatic hydroxyl groups is 1. The standard InChI is InChI=1S/C22H20N4O2/c1-15-24-19-8-4-5-9-20(19)26(15)13-12-22(28)25-23-14-18-17-7-3-2-6-16(17)10-11-21(18)27/h2-11,14,27H,12-13H2,1H3,(H,25,28). The van der Waals surface area contributed by atoms with Gasteiger partial charge in [-0.05, 0) is 35.9 Å². The Morgan fingerprint density at radius 1 is 1.14 bits per heavy atom. The van der Waals surface area contributed by atoms with Crippen LogP contribution < -0.4 is 5.43 Å². The molecule has 0 unspecified atom stereocenters. The molecule has 1 amide bonds. The van der Waals surface area contributed by atoms with Crippen LogP contribution in [0.25, 0.3) is 21.8 Å². The summed E-state index contributed by atoms with van der Waals surface area (Å²) in [7, 11) is 0. The van der Waals surface area contributed by atoms with E-state index < -0.39 is 0 Å². The maximum atomic E-state index is 12.2. The van der Waals surface area contributed by atoms with Gasteiger partial charge in [-0.1, -0.05) is 42.5 Å². The third-order valence-electron chi connectivity index (χ3n) is 4.74. The highest BCUT2D eigenvalue weighted by Crippen LogP contribution is 2.25. The molecule has 1 heterocycles. The minimum Gasteiger partial charge on any atom is -0.507 e. The monoisotopic (exact) mass is 372 g/mol. The number of nitrogens with one attached hydrogen (secondary N) is 1. The molecule has 4 aromatic rings. The Balaban J connectivity index is 1.44. The fourth-order valence-electron chi connectivity index (χ4n) is 3.34. The zero-order valence-corrected chi connectivity index (χ0v) is 15.5. The summed E-state index contributed by atoms with van der Waals surface area (Å²) in [5.74, 6) is 0.795. The number of nitrogens with zero attached hydrogens (tertiary/aromatic N) is 3. The van der Waals surface area contributed by atoms with Crippen LogP contribution in [0.3, 0.4) is 0 Å². The average molecular weight is 372 g/mol. The molecule has 0 saturated heterocycles. The lowest BCUT2D eigenvalue weighted by Crippen LogP contribution is -2.19. The van der Waals surface area contributed by atoms with Crippen molar-refractivity contribution >= 4 is 33.9 Å². The van der Waals surface area contributed by atoms with Crippen molar-refractivity contribution in [2.45, 2.75) is 19.9 Å². The predicted octanol–water partition coefficient (Wildman–Crippen LogP) is 3.74. The van der Waals surface area contributed by atoms with Gasteiger partial charge < -0.3 is 9.67 Å². The number of imidazole rings is 1. The Morgan fingerprint density at radius 3 is 2.82 bits per heavy atom. The minimum absolute atomic E-state index is 0.122. The molecular weight excluding hydrogens is 352 g/mol. The van der Waals surface area contributed by atoms with E-state index in [9.17, 15) is 9.90 Å². The van der Waals surface area contributed by atoms with Crippen LogP contribution in [0.15, 0.2) is 65.8 Å². The van der Waals surface area contributed by atoms with Crippen molar-refractivity contribution in [1.82, 2.24) is 15.0 Å². The van der Waals surface area contributed by atoms with E-state index in [0.29, 0.717) is 12.1 Å². The Morgan fingerprint density at radius 2 is 1.93 bits per heavy atom. The van der Waals surface area contributed by atoms with Gasteiger partial charge in [-0.25, -0.2) is 10.4 Å². The largest absolute Gasteiger partial charge is 0.507 e. The zero-order valence-electron chi connectivity index (χ0n) is 15.5. The highest BCUT2D eigenvalue weighted by Gasteiger charge is 2.09. The molecule has 0 fully saturated rings. The van der Waals surface area contributed by atoms with Gasteiger partial charge in [-0.2, -0.15) is 5.10 Å². The van der Waals surface area contributed by atoms with E-state index in [2.05, 4.69) is 15.5 Å². The maximum absolute atomic E-state index is 12.2. The summed E-state index contributed by atoms with van der Waals surface area (Å²) in [6.07, 6.45) is 1.76. The quantitative estimate of drug-likeness (QED) is 0.414. The van der Waals surface area contributed by atoms with Crippen LogP contribution in [-0.2, 0) is 11.3 Å². The van der Waals surface area contributed by atoms with Crippen molar-refractivity contribution in [3.05, 3.63) is 72.1 Å². The SMILES string of the molecule is Cc1nc2ccccc2n1CCC(=O)NN=Cc1c(O)ccc2ccccc12. The van der Waals surface area contributed by atoms with Crippen molar-refractivity contribution in [2.24, 2.45) is 5.10 Å². The molecule has 0 spiro atoms. The summed E-state index contributed by atoms with van der Waals surface area (Å²) >= 11 is 0. The summed E-state index contributed by atoms with van der Waals surface area (Å²) in [6, 6.07) is 19.0. The van der Waals surface area contributed by atoms with E-state index in [1.165, 1.54) is 6.21 Å². The number of hydrazone groups is 1. The fraction of sp³-hybridized carbons (Fsp3) is 0.136. The molecule has 1 aromatic heterocycles. The fourth-order valence-corrected chi connectivity index (χ4v) is 3.34. The maximum Gasteiger partial charge on any atom is 0.241 e. The molecular formula is C22H20N4O2. The van der Waals surface area contributed by atoms with Gasteiger partial charge in [0.2, 0.25) is 5.91 Å². The predicted molar refractivity (Wildman–Crippen MR) is 110 cm³/mol. The number of benzene rings is 3. The lowest BCUT2D eigenvalue weighted by Gasteiger charge is -2.06. The molecule has 0 atom stereocenters. The molecule has 2 N–H and O–H groups in total. The second-order valence-corrected chi connectivity index (χ2v) is 6.56. The second-order valence-electron chi connectivity index (χ2n) is 6.56. The molecule has 0 radical (unpaired) electrons. The van der Waals surface area contributed by atoms with E-state index in [1.54, 1.807) is 6.07 Å². The van der Waals surface area contributed by atoms with Crippen LogP contribution in [0, 0.1) is 6.92 Å². The first-order valence-electron chi connectivity index (χ1n) is 9.08. The molecule has 0 aliphatic heterocycles. The number of hydrogen-bond donors (Lipinski definition) is 2. The molecule has 0 aliphatic carbocycles. The van der Waals surface area contributed by atoms with Crippen molar-refractivity contribution in [2.75, 3.05) is 0 Å². The Labute approximate surface area is 162 Å². The zero-order chi connectivity index (χ0) is 19.5. The molecule has 6 heteroatoms. The van der Waals surface area contributed by atoms with Crippen molar-refractivity contribution in [3.63, 3.8) is 0 Å². The molecule has 28 heavy (non-hydrogen) atoms. The molecule has 140 valence electrons. The van der Waals surface area contributed by atoms with Crippen LogP contribution >= 0.6 is 0 Å². The third-order valence-corrected chi connectivity index (χ3v) is 4.74. The molecule has 0 saturated carbocycles. The molecule has 4 rings (SSSR count). The summed E-state index contributed by atoms with van der Waals surface area (Å²) in [5.41, 5.74) is 5.05. The Hall–Kier alpha value is -3.67. The van der Waals surface area contributed by atoms with E-state index in [-0.39, 0.29) is 18.1 Å². The average Bonchev–Trinajstić information content (AvgIpc) is 3.03. The number of fused-ring (bicyclic) bond motifs is 2. The highest BCUT2D eigenvalue weighted by atomic mass is 16.3. The molecule has 3 aromatic carbocycles. The minimum atomic E-state index is -0.201.